The summed E-state index contributed by atoms with van der Waals surface area (Å²) in [5, 5.41) is 20.0. The second-order valence-corrected chi connectivity index (χ2v) is 19.3. The largest absolute Gasteiger partial charge is 0.497 e. The van der Waals surface area contributed by atoms with Crippen molar-refractivity contribution in [2.45, 2.75) is 90.9 Å². The van der Waals surface area contributed by atoms with E-state index in [4.69, 9.17) is 26.1 Å². The number of amides is 2. The molecule has 0 unspecified atom stereocenters. The summed E-state index contributed by atoms with van der Waals surface area (Å²) in [5.74, 6) is 0.375. The lowest BCUT2D eigenvalue weighted by atomic mass is 9.81. The predicted octanol–water partition coefficient (Wildman–Crippen LogP) is 8.83. The molecule has 12 nitrogen and oxygen atoms in total. The highest BCUT2D eigenvalue weighted by molar-refractivity contribution is 6.30. The third kappa shape index (κ3) is 8.71. The summed E-state index contributed by atoms with van der Waals surface area (Å²) in [6, 6.07) is 21.5. The van der Waals surface area contributed by atoms with Gasteiger partial charge in [-0.2, -0.15) is 0 Å². The van der Waals surface area contributed by atoms with Crippen molar-refractivity contribution in [2.75, 3.05) is 44.7 Å². The Hall–Kier alpha value is -6.92. The highest BCUT2D eigenvalue weighted by Crippen LogP contribution is 2.49. The van der Waals surface area contributed by atoms with Crippen molar-refractivity contribution >= 4 is 57.5 Å². The number of benzene rings is 5. The SMILES string of the molecule is CCCCc1c2c(cc3c1=NCCC3)=C(c1cc(C(=O)NCCCCNC(=O)Cc3c(C)n(C(=O)c4ccc(Cl)cc4)c4ccc(OC)cc34)ccc1C(=O)O)c1cc3c4c(c1O2)CCCN4CCC3. The number of ether oxygens (including phenoxy) is 2. The lowest BCUT2D eigenvalue weighted by Gasteiger charge is -2.39. The summed E-state index contributed by atoms with van der Waals surface area (Å²) < 4.78 is 14.3. The van der Waals surface area contributed by atoms with E-state index in [0.29, 0.717) is 64.6 Å². The first kappa shape index (κ1) is 46.8. The summed E-state index contributed by atoms with van der Waals surface area (Å²) in [4.78, 5) is 62.0. The van der Waals surface area contributed by atoms with Crippen molar-refractivity contribution in [2.24, 2.45) is 4.99 Å². The molecule has 0 saturated heterocycles. The van der Waals surface area contributed by atoms with Crippen LogP contribution in [0, 0.1) is 6.92 Å². The van der Waals surface area contributed by atoms with Crippen LogP contribution in [0.15, 0.2) is 77.8 Å². The van der Waals surface area contributed by atoms with Crippen molar-refractivity contribution in [1.82, 2.24) is 15.2 Å². The number of carbonyl (C=O) groups is 4. The second kappa shape index (κ2) is 19.8. The number of nitrogens with zero attached hydrogens (tertiary/aromatic N) is 3. The molecule has 4 aliphatic heterocycles. The molecule has 2 amide bonds. The zero-order chi connectivity index (χ0) is 48.6. The number of anilines is 1. The first-order valence-electron chi connectivity index (χ1n) is 24.8. The standard InChI is InChI=1S/C57H58ClN5O7/c1-4-5-13-41-51-35(11-8-25-60-51)28-46-50(47-29-36-12-9-26-62-27-10-14-42(52(36)62)54(47)70-53(41)46)45-30-37(17-21-40(45)57(67)68)55(65)61-24-7-6-23-59-49(64)32-43-33(2)63(48-22-20-39(69-3)31-44(43)48)56(66)34-15-18-38(58)19-16-34/h15-22,28-31H,4-14,23-27,32H2,1-3H3,(H,59,64)(H,61,65)(H,67,68). The Morgan fingerprint density at radius 3 is 2.34 bits per heavy atom. The Balaban J connectivity index is 0.888. The van der Waals surface area contributed by atoms with Crippen LogP contribution < -0.4 is 35.6 Å². The number of methoxy groups -OCH3 is 1. The van der Waals surface area contributed by atoms with E-state index in [-0.39, 0.29) is 29.7 Å². The zero-order valence-electron chi connectivity index (χ0n) is 40.1. The lowest BCUT2D eigenvalue weighted by molar-refractivity contribution is -0.120. The van der Waals surface area contributed by atoms with Gasteiger partial charge in [-0.1, -0.05) is 24.9 Å². The van der Waals surface area contributed by atoms with Crippen LogP contribution in [0.25, 0.3) is 16.5 Å². The molecule has 4 aliphatic rings. The maximum atomic E-state index is 14.0. The van der Waals surface area contributed by atoms with Gasteiger partial charge in [-0.05, 0) is 166 Å². The van der Waals surface area contributed by atoms with Gasteiger partial charge >= 0.3 is 5.97 Å². The average molecular weight is 961 g/mol. The highest BCUT2D eigenvalue weighted by Gasteiger charge is 2.35. The summed E-state index contributed by atoms with van der Waals surface area (Å²) in [5.41, 5.74) is 11.1. The van der Waals surface area contributed by atoms with Crippen molar-refractivity contribution in [3.63, 3.8) is 0 Å². The molecular formula is C57H58ClN5O7. The van der Waals surface area contributed by atoms with Crippen LogP contribution in [0.4, 0.5) is 5.69 Å². The van der Waals surface area contributed by atoms with E-state index in [2.05, 4.69) is 34.6 Å². The maximum absolute atomic E-state index is 14.0. The number of aryl methyl sites for hydroxylation is 2. The summed E-state index contributed by atoms with van der Waals surface area (Å²) >= 11 is 6.10. The third-order valence-corrected chi connectivity index (χ3v) is 14.7. The van der Waals surface area contributed by atoms with Gasteiger partial charge in [0.15, 0.2) is 0 Å². The van der Waals surface area contributed by atoms with Crippen LogP contribution in [-0.4, -0.2) is 73.2 Å². The van der Waals surface area contributed by atoms with Crippen LogP contribution >= 0.6 is 11.6 Å². The van der Waals surface area contributed by atoms with Crippen molar-refractivity contribution in [1.29, 1.82) is 0 Å². The molecule has 0 fully saturated rings. The third-order valence-electron chi connectivity index (χ3n) is 14.5. The zero-order valence-corrected chi connectivity index (χ0v) is 40.8. The molecule has 0 spiro atoms. The Morgan fingerprint density at radius 2 is 1.57 bits per heavy atom. The number of carbonyl (C=O) groups excluding carboxylic acids is 3. The topological polar surface area (TPSA) is 152 Å². The van der Waals surface area contributed by atoms with Crippen molar-refractivity contribution in [3.05, 3.63) is 150 Å². The number of carboxylic acid groups (broad SMARTS) is 1. The van der Waals surface area contributed by atoms with Gasteiger partial charge in [0.05, 0.1) is 30.0 Å². The van der Waals surface area contributed by atoms with Crippen LogP contribution in [0.2, 0.25) is 5.02 Å². The van der Waals surface area contributed by atoms with Gasteiger partial charge in [0.1, 0.15) is 17.2 Å². The fraction of sp³-hybridized carbons (Fsp3) is 0.351. The predicted molar refractivity (Wildman–Crippen MR) is 272 cm³/mol. The minimum absolute atomic E-state index is 0.0575. The maximum Gasteiger partial charge on any atom is 0.336 e. The fourth-order valence-electron chi connectivity index (χ4n) is 11.1. The normalized spacial score (nSPS) is 14.4. The molecular weight excluding hydrogens is 902 g/mol. The molecule has 0 bridgehead atoms. The Morgan fingerprint density at radius 1 is 0.814 bits per heavy atom. The van der Waals surface area contributed by atoms with Crippen LogP contribution in [0.3, 0.4) is 0 Å². The van der Waals surface area contributed by atoms with E-state index in [1.54, 1.807) is 60.2 Å². The Bertz CT molecular complexity index is 3250. The van der Waals surface area contributed by atoms with Crippen molar-refractivity contribution in [3.8, 4) is 17.2 Å². The van der Waals surface area contributed by atoms with Crippen LogP contribution in [0.1, 0.15) is 128 Å². The van der Waals surface area contributed by atoms with E-state index >= 15 is 0 Å². The molecule has 360 valence electrons. The van der Waals surface area contributed by atoms with Gasteiger partial charge in [0.25, 0.3) is 11.8 Å². The molecule has 5 heterocycles. The number of halogens is 1. The Labute approximate surface area is 412 Å². The number of unbranched alkanes of at least 4 members (excludes halogenated alkanes) is 2. The quantitative estimate of drug-likeness (QED) is 0.0863. The van der Waals surface area contributed by atoms with Gasteiger partial charge in [-0.25, -0.2) is 4.79 Å². The number of fused-ring (bicyclic) bond motifs is 5. The van der Waals surface area contributed by atoms with E-state index in [9.17, 15) is 24.3 Å². The molecule has 5 aromatic carbocycles. The first-order chi connectivity index (χ1) is 34.0. The Kier molecular flexibility index (Phi) is 13.3. The molecule has 0 aliphatic carbocycles. The molecule has 13 heteroatoms. The molecule has 0 atom stereocenters. The summed E-state index contributed by atoms with van der Waals surface area (Å²) in [6.07, 6.45) is 9.71. The van der Waals surface area contributed by atoms with E-state index in [1.807, 2.05) is 19.1 Å². The number of hydrogen-bond acceptors (Lipinski definition) is 8. The van der Waals surface area contributed by atoms with E-state index < -0.39 is 5.97 Å². The minimum Gasteiger partial charge on any atom is -0.497 e. The average Bonchev–Trinajstić information content (AvgIpc) is 3.64. The summed E-state index contributed by atoms with van der Waals surface area (Å²) in [7, 11) is 1.58. The number of hydrogen-bond donors (Lipinski definition) is 3. The van der Waals surface area contributed by atoms with Gasteiger partial charge in [0, 0.05) is 93.1 Å². The monoisotopic (exact) mass is 959 g/mol. The van der Waals surface area contributed by atoms with Gasteiger partial charge in [0.2, 0.25) is 5.91 Å². The van der Waals surface area contributed by atoms with Gasteiger partial charge in [-0.3, -0.25) is 23.9 Å². The minimum atomic E-state index is -1.07. The van der Waals surface area contributed by atoms with Gasteiger partial charge in [-0.15, -0.1) is 0 Å². The fourth-order valence-corrected chi connectivity index (χ4v) is 11.2. The van der Waals surface area contributed by atoms with E-state index in [0.717, 1.165) is 133 Å². The first-order valence-corrected chi connectivity index (χ1v) is 25.2. The molecule has 0 radical (unpaired) electrons. The molecule has 3 N–H and O–H groups in total. The number of nitrogens with one attached hydrogen (secondary N) is 2. The number of aromatic carboxylic acids is 1. The second-order valence-electron chi connectivity index (χ2n) is 18.9. The number of aromatic nitrogens is 1. The molecule has 1 aromatic heterocycles. The molecule has 6 aromatic rings. The van der Waals surface area contributed by atoms with E-state index in [1.165, 1.54) is 16.8 Å². The molecule has 10 rings (SSSR count). The number of rotatable bonds is 15. The van der Waals surface area contributed by atoms with Crippen LogP contribution in [-0.2, 0) is 36.9 Å². The number of carboxylic acids is 1. The smallest absolute Gasteiger partial charge is 0.336 e. The summed E-state index contributed by atoms with van der Waals surface area (Å²) in [6.45, 7) is 7.54. The highest BCUT2D eigenvalue weighted by atomic mass is 35.5. The molecule has 0 saturated carbocycles. The molecule has 70 heavy (non-hydrogen) atoms. The van der Waals surface area contributed by atoms with Gasteiger partial charge < -0.3 is 30.1 Å². The van der Waals surface area contributed by atoms with Crippen LogP contribution in [0.5, 0.6) is 17.2 Å². The lowest BCUT2D eigenvalue weighted by Crippen LogP contribution is -2.36. The van der Waals surface area contributed by atoms with Crippen molar-refractivity contribution < 1.29 is 33.8 Å².